The topological polar surface area (TPSA) is 70.8 Å². The lowest BCUT2D eigenvalue weighted by Crippen LogP contribution is -2.37. The third-order valence-electron chi connectivity index (χ3n) is 4.34. The maximum atomic E-state index is 11.3. The smallest absolute Gasteiger partial charge is 0.405 e. The number of fused-ring (bicyclic) bond motifs is 1. The SMILES string of the molecule is CCOc1ccccc1-c1ccc2c(c1)OCC(C)(C)C2OC(N)=O. The Bertz CT molecular complexity index is 785. The van der Waals surface area contributed by atoms with Crippen LogP contribution >= 0.6 is 0 Å². The van der Waals surface area contributed by atoms with Crippen molar-refractivity contribution in [3.8, 4) is 22.6 Å². The van der Waals surface area contributed by atoms with Crippen LogP contribution in [0.4, 0.5) is 4.79 Å². The van der Waals surface area contributed by atoms with Gasteiger partial charge in [0.25, 0.3) is 0 Å². The fourth-order valence-electron chi connectivity index (χ4n) is 3.13. The van der Waals surface area contributed by atoms with Gasteiger partial charge in [0.1, 0.15) is 17.6 Å². The quantitative estimate of drug-likeness (QED) is 0.899. The lowest BCUT2D eigenvalue weighted by Gasteiger charge is -2.38. The molecule has 1 atom stereocenters. The molecule has 0 saturated carbocycles. The fourth-order valence-corrected chi connectivity index (χ4v) is 3.13. The average Bonchev–Trinajstić information content (AvgIpc) is 2.58. The third kappa shape index (κ3) is 3.40. The molecule has 2 aromatic carbocycles. The van der Waals surface area contributed by atoms with E-state index < -0.39 is 12.2 Å². The zero-order chi connectivity index (χ0) is 18.0. The first-order valence-electron chi connectivity index (χ1n) is 8.37. The molecule has 1 unspecified atom stereocenters. The zero-order valence-electron chi connectivity index (χ0n) is 14.7. The predicted octanol–water partition coefficient (Wildman–Crippen LogP) is 4.31. The predicted molar refractivity (Wildman–Crippen MR) is 95.7 cm³/mol. The summed E-state index contributed by atoms with van der Waals surface area (Å²) in [7, 11) is 0. The van der Waals surface area contributed by atoms with Crippen LogP contribution in [0.2, 0.25) is 0 Å². The Hall–Kier alpha value is -2.69. The lowest BCUT2D eigenvalue weighted by atomic mass is 9.80. The largest absolute Gasteiger partial charge is 0.493 e. The van der Waals surface area contributed by atoms with Gasteiger partial charge in [-0.3, -0.25) is 0 Å². The highest BCUT2D eigenvalue weighted by molar-refractivity contribution is 5.72. The van der Waals surface area contributed by atoms with Crippen LogP contribution in [0, 0.1) is 5.41 Å². The number of rotatable bonds is 4. The summed E-state index contributed by atoms with van der Waals surface area (Å²) in [6, 6.07) is 13.8. The normalized spacial score (nSPS) is 18.0. The van der Waals surface area contributed by atoms with Crippen molar-refractivity contribution < 1.29 is 19.0 Å². The van der Waals surface area contributed by atoms with Crippen LogP contribution in [-0.2, 0) is 4.74 Å². The number of hydrogen-bond donors (Lipinski definition) is 1. The summed E-state index contributed by atoms with van der Waals surface area (Å²) in [6.07, 6.45) is -1.22. The third-order valence-corrected chi connectivity index (χ3v) is 4.34. The van der Waals surface area contributed by atoms with Crippen molar-refractivity contribution in [3.05, 3.63) is 48.0 Å². The van der Waals surface area contributed by atoms with E-state index in [2.05, 4.69) is 0 Å². The van der Waals surface area contributed by atoms with Crippen molar-refractivity contribution in [2.45, 2.75) is 26.9 Å². The van der Waals surface area contributed by atoms with E-state index in [0.717, 1.165) is 22.4 Å². The molecule has 5 nitrogen and oxygen atoms in total. The van der Waals surface area contributed by atoms with E-state index in [1.54, 1.807) is 0 Å². The molecule has 0 spiro atoms. The number of carbonyl (C=O) groups is 1. The average molecular weight is 341 g/mol. The van der Waals surface area contributed by atoms with Gasteiger partial charge in [-0.1, -0.05) is 44.2 Å². The second-order valence-corrected chi connectivity index (χ2v) is 6.78. The molecule has 1 aliphatic heterocycles. The van der Waals surface area contributed by atoms with Crippen LogP contribution in [0.25, 0.3) is 11.1 Å². The summed E-state index contributed by atoms with van der Waals surface area (Å²) in [5, 5.41) is 0. The number of carbonyl (C=O) groups excluding carboxylic acids is 1. The van der Waals surface area contributed by atoms with Gasteiger partial charge in [0.2, 0.25) is 0 Å². The van der Waals surface area contributed by atoms with Gasteiger partial charge in [-0.05, 0) is 24.6 Å². The van der Waals surface area contributed by atoms with Gasteiger partial charge < -0.3 is 19.9 Å². The Morgan fingerprint density at radius 3 is 2.76 bits per heavy atom. The molecule has 3 rings (SSSR count). The molecule has 25 heavy (non-hydrogen) atoms. The summed E-state index contributed by atoms with van der Waals surface area (Å²) >= 11 is 0. The summed E-state index contributed by atoms with van der Waals surface area (Å²) in [5.74, 6) is 1.53. The van der Waals surface area contributed by atoms with Gasteiger partial charge in [0, 0.05) is 16.5 Å². The second kappa shape index (κ2) is 6.67. The first-order chi connectivity index (χ1) is 11.9. The number of benzene rings is 2. The molecule has 1 heterocycles. The molecule has 5 heteroatoms. The maximum absolute atomic E-state index is 11.3. The molecule has 1 aliphatic rings. The first kappa shape index (κ1) is 17.1. The minimum atomic E-state index is -0.781. The van der Waals surface area contributed by atoms with Crippen LogP contribution < -0.4 is 15.2 Å². The molecule has 2 aromatic rings. The van der Waals surface area contributed by atoms with Crippen LogP contribution in [0.5, 0.6) is 11.5 Å². The molecule has 0 aromatic heterocycles. The Balaban J connectivity index is 2.02. The van der Waals surface area contributed by atoms with E-state index in [-0.39, 0.29) is 5.41 Å². The number of primary amides is 1. The van der Waals surface area contributed by atoms with Gasteiger partial charge in [-0.25, -0.2) is 4.79 Å². The van der Waals surface area contributed by atoms with Crippen LogP contribution in [0.1, 0.15) is 32.4 Å². The molecular weight excluding hydrogens is 318 g/mol. The van der Waals surface area contributed by atoms with Gasteiger partial charge in [-0.2, -0.15) is 0 Å². The number of nitrogens with two attached hydrogens (primary N) is 1. The minimum Gasteiger partial charge on any atom is -0.493 e. The van der Waals surface area contributed by atoms with Crippen molar-refractivity contribution >= 4 is 6.09 Å². The highest BCUT2D eigenvalue weighted by Gasteiger charge is 2.40. The van der Waals surface area contributed by atoms with Crippen LogP contribution in [0.15, 0.2) is 42.5 Å². The molecule has 0 aliphatic carbocycles. The summed E-state index contributed by atoms with van der Waals surface area (Å²) in [4.78, 5) is 11.3. The Kier molecular flexibility index (Phi) is 4.57. The molecule has 0 bridgehead atoms. The van der Waals surface area contributed by atoms with Gasteiger partial charge in [0.15, 0.2) is 0 Å². The molecule has 0 fully saturated rings. The molecule has 0 saturated heterocycles. The van der Waals surface area contributed by atoms with Crippen LogP contribution in [-0.4, -0.2) is 19.3 Å². The standard InChI is InChI=1S/C20H23NO4/c1-4-23-16-8-6-5-7-14(16)13-9-10-15-17(11-13)24-12-20(2,3)18(15)25-19(21)22/h5-11,18H,4,12H2,1-3H3,(H2,21,22). The monoisotopic (exact) mass is 341 g/mol. The molecular formula is C20H23NO4. The highest BCUT2D eigenvalue weighted by atomic mass is 16.6. The van der Waals surface area contributed by atoms with E-state index in [1.165, 1.54) is 0 Å². The summed E-state index contributed by atoms with van der Waals surface area (Å²) in [5.41, 5.74) is 7.71. The van der Waals surface area contributed by atoms with E-state index in [0.29, 0.717) is 19.0 Å². The molecule has 132 valence electrons. The van der Waals surface area contributed by atoms with E-state index >= 15 is 0 Å². The van der Waals surface area contributed by atoms with E-state index in [4.69, 9.17) is 19.9 Å². The van der Waals surface area contributed by atoms with Crippen molar-refractivity contribution in [1.29, 1.82) is 0 Å². The summed E-state index contributed by atoms with van der Waals surface area (Å²) < 4.78 is 17.0. The minimum absolute atomic E-state index is 0.354. The van der Waals surface area contributed by atoms with Crippen LogP contribution in [0.3, 0.4) is 0 Å². The first-order valence-corrected chi connectivity index (χ1v) is 8.37. The number of para-hydroxylation sites is 1. The fraction of sp³-hybridized carbons (Fsp3) is 0.350. The second-order valence-electron chi connectivity index (χ2n) is 6.78. The van der Waals surface area contributed by atoms with E-state index in [9.17, 15) is 4.79 Å². The highest BCUT2D eigenvalue weighted by Crippen LogP contribution is 2.46. The Morgan fingerprint density at radius 1 is 1.28 bits per heavy atom. The Labute approximate surface area is 147 Å². The number of amides is 1. The van der Waals surface area contributed by atoms with Crippen molar-refractivity contribution in [2.24, 2.45) is 11.1 Å². The molecule has 1 amide bonds. The molecule has 0 radical (unpaired) electrons. The Morgan fingerprint density at radius 2 is 2.04 bits per heavy atom. The van der Waals surface area contributed by atoms with Gasteiger partial charge in [0.05, 0.1) is 13.2 Å². The maximum Gasteiger partial charge on any atom is 0.405 e. The van der Waals surface area contributed by atoms with Crippen molar-refractivity contribution in [3.63, 3.8) is 0 Å². The molecule has 2 N–H and O–H groups in total. The number of ether oxygens (including phenoxy) is 3. The number of hydrogen-bond acceptors (Lipinski definition) is 4. The van der Waals surface area contributed by atoms with Crippen molar-refractivity contribution in [1.82, 2.24) is 0 Å². The van der Waals surface area contributed by atoms with Crippen molar-refractivity contribution in [2.75, 3.05) is 13.2 Å². The lowest BCUT2D eigenvalue weighted by molar-refractivity contribution is -0.0176. The van der Waals surface area contributed by atoms with Gasteiger partial charge in [-0.15, -0.1) is 0 Å². The zero-order valence-corrected chi connectivity index (χ0v) is 14.7. The summed E-state index contributed by atoms with van der Waals surface area (Å²) in [6.45, 7) is 6.97. The van der Waals surface area contributed by atoms with Gasteiger partial charge >= 0.3 is 6.09 Å². The van der Waals surface area contributed by atoms with E-state index in [1.807, 2.05) is 63.2 Å².